The Hall–Kier alpha value is -0.390. The lowest BCUT2D eigenvalue weighted by Gasteiger charge is -1.96. The Kier molecular flexibility index (Phi) is 3.69. The zero-order valence-corrected chi connectivity index (χ0v) is 9.90. The van der Waals surface area contributed by atoms with Crippen molar-refractivity contribution >= 4 is 41.7 Å². The normalized spacial score (nSPS) is 12.2. The Balaban J connectivity index is 3.05. The van der Waals surface area contributed by atoms with Crippen molar-refractivity contribution < 1.29 is 12.8 Å². The monoisotopic (exact) mass is 298 g/mol. The van der Waals surface area contributed by atoms with Gasteiger partial charge in [-0.3, -0.25) is 0 Å². The lowest BCUT2D eigenvalue weighted by atomic mass is 10.2. The number of hydrogen-bond acceptors (Lipinski definition) is 2. The van der Waals surface area contributed by atoms with Gasteiger partial charge in [-0.15, -0.1) is 0 Å². The standard InChI is InChI=1S/C8H5BrClFO2S/c9-7-2-1-6(8(11)5-7)3-4-14(10,12)13/h1-5H/b4-3+. The molecule has 0 unspecified atom stereocenters. The lowest BCUT2D eigenvalue weighted by molar-refractivity contribution is 0.617. The topological polar surface area (TPSA) is 34.1 Å². The highest BCUT2D eigenvalue weighted by molar-refractivity contribution is 9.10. The predicted octanol–water partition coefficient (Wildman–Crippen LogP) is 3.13. The number of halogens is 3. The Morgan fingerprint density at radius 2 is 2.07 bits per heavy atom. The first kappa shape index (κ1) is 11.7. The van der Waals surface area contributed by atoms with E-state index in [1.54, 1.807) is 6.07 Å². The van der Waals surface area contributed by atoms with Gasteiger partial charge in [0.1, 0.15) is 5.82 Å². The van der Waals surface area contributed by atoms with Crippen molar-refractivity contribution in [2.24, 2.45) is 0 Å². The molecule has 0 saturated heterocycles. The minimum atomic E-state index is -3.74. The maximum absolute atomic E-state index is 13.1. The summed E-state index contributed by atoms with van der Waals surface area (Å²) in [5.74, 6) is -0.518. The Bertz CT molecular complexity index is 470. The molecule has 2 nitrogen and oxygen atoms in total. The van der Waals surface area contributed by atoms with Crippen LogP contribution in [0.1, 0.15) is 5.56 Å². The summed E-state index contributed by atoms with van der Waals surface area (Å²) in [6.45, 7) is 0. The fourth-order valence-corrected chi connectivity index (χ4v) is 1.59. The summed E-state index contributed by atoms with van der Waals surface area (Å²) in [4.78, 5) is 0. The molecular formula is C8H5BrClFO2S. The molecule has 0 saturated carbocycles. The Labute approximate surface area is 93.9 Å². The van der Waals surface area contributed by atoms with Crippen LogP contribution in [0.25, 0.3) is 6.08 Å². The molecule has 0 amide bonds. The molecular weight excluding hydrogens is 295 g/mol. The number of rotatable bonds is 2. The van der Waals surface area contributed by atoms with Crippen LogP contribution in [0.15, 0.2) is 28.1 Å². The summed E-state index contributed by atoms with van der Waals surface area (Å²) in [5.41, 5.74) is 0.164. The van der Waals surface area contributed by atoms with E-state index in [0.717, 1.165) is 11.5 Å². The van der Waals surface area contributed by atoms with Crippen LogP contribution >= 0.6 is 26.6 Å². The van der Waals surface area contributed by atoms with Gasteiger partial charge in [0.2, 0.25) is 0 Å². The SMILES string of the molecule is O=S(=O)(Cl)/C=C/c1ccc(Br)cc1F. The van der Waals surface area contributed by atoms with E-state index >= 15 is 0 Å². The van der Waals surface area contributed by atoms with E-state index in [4.69, 9.17) is 10.7 Å². The van der Waals surface area contributed by atoms with E-state index in [1.165, 1.54) is 12.1 Å². The highest BCUT2D eigenvalue weighted by Gasteiger charge is 2.01. The third-order valence-electron chi connectivity index (χ3n) is 1.37. The van der Waals surface area contributed by atoms with E-state index in [-0.39, 0.29) is 5.56 Å². The van der Waals surface area contributed by atoms with Gasteiger partial charge in [0.25, 0.3) is 9.05 Å². The number of benzene rings is 1. The van der Waals surface area contributed by atoms with E-state index in [2.05, 4.69) is 15.9 Å². The molecule has 6 heteroatoms. The van der Waals surface area contributed by atoms with Gasteiger partial charge in [0, 0.05) is 26.1 Å². The molecule has 1 aromatic carbocycles. The highest BCUT2D eigenvalue weighted by Crippen LogP contribution is 2.17. The first-order chi connectivity index (χ1) is 6.38. The molecule has 14 heavy (non-hydrogen) atoms. The molecule has 76 valence electrons. The van der Waals surface area contributed by atoms with Crippen molar-refractivity contribution in [2.45, 2.75) is 0 Å². The molecule has 0 N–H and O–H groups in total. The van der Waals surface area contributed by atoms with Gasteiger partial charge in [-0.1, -0.05) is 22.0 Å². The zero-order chi connectivity index (χ0) is 10.8. The third kappa shape index (κ3) is 3.77. The van der Waals surface area contributed by atoms with Crippen LogP contribution in [0.4, 0.5) is 4.39 Å². The van der Waals surface area contributed by atoms with E-state index in [0.29, 0.717) is 4.47 Å². The highest BCUT2D eigenvalue weighted by atomic mass is 79.9. The van der Waals surface area contributed by atoms with E-state index in [9.17, 15) is 12.8 Å². The van der Waals surface area contributed by atoms with Crippen molar-refractivity contribution in [3.8, 4) is 0 Å². The number of hydrogen-bond donors (Lipinski definition) is 0. The molecule has 0 spiro atoms. The van der Waals surface area contributed by atoms with Crippen LogP contribution in [0.3, 0.4) is 0 Å². The minimum absolute atomic E-state index is 0.164. The molecule has 0 bridgehead atoms. The summed E-state index contributed by atoms with van der Waals surface area (Å²) in [6.07, 6.45) is 1.10. The van der Waals surface area contributed by atoms with Crippen LogP contribution < -0.4 is 0 Å². The van der Waals surface area contributed by atoms with Gasteiger partial charge in [0.05, 0.1) is 0 Å². The van der Waals surface area contributed by atoms with Gasteiger partial charge in [0.15, 0.2) is 0 Å². The van der Waals surface area contributed by atoms with Gasteiger partial charge in [-0.25, -0.2) is 12.8 Å². The Morgan fingerprint density at radius 1 is 1.43 bits per heavy atom. The molecule has 0 fully saturated rings. The molecule has 1 rings (SSSR count). The van der Waals surface area contributed by atoms with Crippen LogP contribution in [-0.4, -0.2) is 8.42 Å². The van der Waals surface area contributed by atoms with Crippen molar-refractivity contribution in [3.63, 3.8) is 0 Å². The summed E-state index contributed by atoms with van der Waals surface area (Å²) in [7, 11) is 1.18. The second-order valence-electron chi connectivity index (χ2n) is 2.44. The summed E-state index contributed by atoms with van der Waals surface area (Å²) in [6, 6.07) is 4.28. The van der Waals surface area contributed by atoms with Crippen molar-refractivity contribution in [2.75, 3.05) is 0 Å². The quantitative estimate of drug-likeness (QED) is 0.786. The molecule has 0 aliphatic rings. The average molecular weight is 300 g/mol. The van der Waals surface area contributed by atoms with Crippen LogP contribution in [0.5, 0.6) is 0 Å². The van der Waals surface area contributed by atoms with Gasteiger partial charge in [-0.05, 0) is 18.2 Å². The fraction of sp³-hybridized carbons (Fsp3) is 0. The van der Waals surface area contributed by atoms with Crippen LogP contribution in [-0.2, 0) is 9.05 Å². The van der Waals surface area contributed by atoms with E-state index in [1.807, 2.05) is 0 Å². The van der Waals surface area contributed by atoms with E-state index < -0.39 is 14.9 Å². The molecule has 0 heterocycles. The molecule has 0 aliphatic heterocycles. The van der Waals surface area contributed by atoms with Crippen LogP contribution in [0.2, 0.25) is 0 Å². The van der Waals surface area contributed by atoms with Crippen LogP contribution in [0, 0.1) is 5.82 Å². The maximum Gasteiger partial charge on any atom is 0.254 e. The zero-order valence-electron chi connectivity index (χ0n) is 6.75. The Morgan fingerprint density at radius 3 is 2.57 bits per heavy atom. The second kappa shape index (κ2) is 4.42. The maximum atomic E-state index is 13.1. The average Bonchev–Trinajstić information content (AvgIpc) is 2.00. The third-order valence-corrected chi connectivity index (χ3v) is 2.64. The molecule has 0 aliphatic carbocycles. The first-order valence-electron chi connectivity index (χ1n) is 3.46. The van der Waals surface area contributed by atoms with Crippen molar-refractivity contribution in [1.29, 1.82) is 0 Å². The van der Waals surface area contributed by atoms with Gasteiger partial charge in [-0.2, -0.15) is 0 Å². The predicted molar refractivity (Wildman–Crippen MR) is 57.9 cm³/mol. The molecule has 0 atom stereocenters. The first-order valence-corrected chi connectivity index (χ1v) is 6.63. The smallest absolute Gasteiger partial charge is 0.208 e. The largest absolute Gasteiger partial charge is 0.254 e. The molecule has 0 radical (unpaired) electrons. The molecule has 1 aromatic rings. The lowest BCUT2D eigenvalue weighted by Crippen LogP contribution is -1.83. The minimum Gasteiger partial charge on any atom is -0.208 e. The summed E-state index contributed by atoms with van der Waals surface area (Å²) >= 11 is 3.08. The second-order valence-corrected chi connectivity index (χ2v) is 5.87. The van der Waals surface area contributed by atoms with Crippen molar-refractivity contribution in [3.05, 3.63) is 39.5 Å². The van der Waals surface area contributed by atoms with Gasteiger partial charge >= 0.3 is 0 Å². The molecule has 0 aromatic heterocycles. The van der Waals surface area contributed by atoms with Crippen molar-refractivity contribution in [1.82, 2.24) is 0 Å². The summed E-state index contributed by atoms with van der Waals surface area (Å²) in [5, 5.41) is 0.737. The summed E-state index contributed by atoms with van der Waals surface area (Å²) < 4.78 is 34.8. The van der Waals surface area contributed by atoms with Gasteiger partial charge < -0.3 is 0 Å². The fourth-order valence-electron chi connectivity index (χ4n) is 0.791.